The molecule has 3 atom stereocenters. The van der Waals surface area contributed by atoms with Gasteiger partial charge in [-0.05, 0) is 36.2 Å². The minimum absolute atomic E-state index is 0.170. The van der Waals surface area contributed by atoms with Gasteiger partial charge in [0.25, 0.3) is 5.69 Å². The molecule has 1 saturated carbocycles. The summed E-state index contributed by atoms with van der Waals surface area (Å²) in [5, 5.41) is 25.5. The van der Waals surface area contributed by atoms with Crippen LogP contribution in [0.2, 0.25) is 0 Å². The van der Waals surface area contributed by atoms with Gasteiger partial charge in [0.2, 0.25) is 0 Å². The average Bonchev–Trinajstić information content (AvgIpc) is 3.33. The number of hydrogen-bond donors (Lipinski definition) is 2. The smallest absolute Gasteiger partial charge is 0.414 e. The van der Waals surface area contributed by atoms with Crippen LogP contribution in [0.5, 0.6) is 0 Å². The molecule has 0 amide bonds. The first-order valence-electron chi connectivity index (χ1n) is 10.1. The molecule has 1 aromatic carbocycles. The molecular weight excluding hydrogens is 390 g/mol. The van der Waals surface area contributed by atoms with Crippen molar-refractivity contribution in [1.29, 1.82) is 0 Å². The Bertz CT molecular complexity index is 789. The Morgan fingerprint density at radius 1 is 0.967 bits per heavy atom. The van der Waals surface area contributed by atoms with E-state index in [-0.39, 0.29) is 10.6 Å². The van der Waals surface area contributed by atoms with E-state index in [1.165, 1.54) is 19.4 Å². The summed E-state index contributed by atoms with van der Waals surface area (Å²) in [6, 6.07) is 6.97. The maximum absolute atomic E-state index is 10.7. The van der Waals surface area contributed by atoms with Crippen molar-refractivity contribution in [2.24, 2.45) is 17.8 Å². The van der Waals surface area contributed by atoms with Crippen molar-refractivity contribution in [3.8, 4) is 0 Å². The van der Waals surface area contributed by atoms with Crippen LogP contribution in [0.25, 0.3) is 0 Å². The van der Waals surface area contributed by atoms with Crippen LogP contribution >= 0.6 is 0 Å². The van der Waals surface area contributed by atoms with Gasteiger partial charge in [-0.15, -0.1) is 0 Å². The van der Waals surface area contributed by atoms with E-state index in [0.717, 1.165) is 56.0 Å². The lowest BCUT2D eigenvalue weighted by atomic mass is 9.93. The van der Waals surface area contributed by atoms with Crippen molar-refractivity contribution in [2.75, 3.05) is 32.7 Å². The summed E-state index contributed by atoms with van der Waals surface area (Å²) < 4.78 is 0. The van der Waals surface area contributed by atoms with Crippen LogP contribution in [0.3, 0.4) is 0 Å². The fourth-order valence-electron chi connectivity index (χ4n) is 4.55. The van der Waals surface area contributed by atoms with Gasteiger partial charge >= 0.3 is 11.9 Å². The number of allylic oxidation sites excluding steroid dienone is 2. The third-order valence-corrected chi connectivity index (χ3v) is 6.11. The van der Waals surface area contributed by atoms with Gasteiger partial charge in [-0.2, -0.15) is 0 Å². The van der Waals surface area contributed by atoms with Crippen LogP contribution in [0.4, 0.5) is 5.69 Å². The molecule has 3 unspecified atom stereocenters. The number of non-ortho nitro benzene ring substituents is 1. The predicted octanol–water partition coefficient (Wildman–Crippen LogP) is 2.08. The molecule has 9 heteroatoms. The van der Waals surface area contributed by atoms with Crippen molar-refractivity contribution in [1.82, 2.24) is 9.80 Å². The number of carboxylic acids is 2. The zero-order chi connectivity index (χ0) is 21.7. The highest BCUT2D eigenvalue weighted by Crippen LogP contribution is 2.43. The molecule has 1 aliphatic heterocycles. The molecule has 1 saturated heterocycles. The molecule has 2 fully saturated rings. The molecule has 0 radical (unpaired) electrons. The summed E-state index contributed by atoms with van der Waals surface area (Å²) in [5.74, 6) is -1.07. The lowest BCUT2D eigenvalue weighted by molar-refractivity contribution is -0.384. The van der Waals surface area contributed by atoms with Crippen LogP contribution in [0.1, 0.15) is 18.4 Å². The van der Waals surface area contributed by atoms with Crippen molar-refractivity contribution in [3.63, 3.8) is 0 Å². The van der Waals surface area contributed by atoms with Gasteiger partial charge in [0, 0.05) is 51.4 Å². The number of benzene rings is 1. The summed E-state index contributed by atoms with van der Waals surface area (Å²) in [6.07, 6.45) is 7.65. The number of hydrogen-bond acceptors (Lipinski definition) is 6. The summed E-state index contributed by atoms with van der Waals surface area (Å²) in [6.45, 7) is 6.62. The summed E-state index contributed by atoms with van der Waals surface area (Å²) in [4.78, 5) is 33.7. The normalized spacial score (nSPS) is 25.5. The number of nitrogens with zero attached hydrogens (tertiary/aromatic N) is 3. The minimum atomic E-state index is -1.82. The summed E-state index contributed by atoms with van der Waals surface area (Å²) in [5.41, 5.74) is 1.33. The van der Waals surface area contributed by atoms with Crippen molar-refractivity contribution >= 4 is 17.6 Å². The first-order valence-corrected chi connectivity index (χ1v) is 10.1. The van der Waals surface area contributed by atoms with Gasteiger partial charge in [0.15, 0.2) is 0 Å². The van der Waals surface area contributed by atoms with Gasteiger partial charge in [-0.3, -0.25) is 15.0 Å². The third-order valence-electron chi connectivity index (χ3n) is 6.11. The Labute approximate surface area is 174 Å². The van der Waals surface area contributed by atoms with E-state index in [2.05, 4.69) is 22.0 Å². The maximum atomic E-state index is 10.7. The van der Waals surface area contributed by atoms with E-state index in [9.17, 15) is 10.1 Å². The third kappa shape index (κ3) is 5.87. The quantitative estimate of drug-likeness (QED) is 0.323. The number of nitro benzene ring substituents is 1. The summed E-state index contributed by atoms with van der Waals surface area (Å²) >= 11 is 0. The fraction of sp³-hybridized carbons (Fsp3) is 0.524. The molecule has 2 aliphatic carbocycles. The lowest BCUT2D eigenvalue weighted by Gasteiger charge is -2.37. The highest BCUT2D eigenvalue weighted by atomic mass is 16.6. The minimum Gasteiger partial charge on any atom is -0.473 e. The zero-order valence-corrected chi connectivity index (χ0v) is 16.7. The van der Waals surface area contributed by atoms with Gasteiger partial charge in [-0.1, -0.05) is 24.3 Å². The zero-order valence-electron chi connectivity index (χ0n) is 16.7. The van der Waals surface area contributed by atoms with Crippen LogP contribution in [0, 0.1) is 27.9 Å². The standard InChI is InChI=1S/C19H25N3O2.C2H2O4/c23-22(24)19-5-2-15(3-6-19)13-20-7-9-21(10-8-20)14-18-12-16-1-4-17(18)11-16;3-1(4)2(5)6/h1-6,16-18H,7-14H2;(H,3,4)(H,5,6). The van der Waals surface area contributed by atoms with Gasteiger partial charge in [-0.25, -0.2) is 9.59 Å². The molecule has 9 nitrogen and oxygen atoms in total. The van der Waals surface area contributed by atoms with Gasteiger partial charge in [0.05, 0.1) is 4.92 Å². The molecule has 4 rings (SSSR count). The second-order valence-electron chi connectivity index (χ2n) is 8.15. The molecule has 162 valence electrons. The molecule has 1 aromatic rings. The fourth-order valence-corrected chi connectivity index (χ4v) is 4.55. The van der Waals surface area contributed by atoms with E-state index < -0.39 is 11.9 Å². The van der Waals surface area contributed by atoms with E-state index >= 15 is 0 Å². The Kier molecular flexibility index (Phi) is 7.17. The van der Waals surface area contributed by atoms with E-state index in [4.69, 9.17) is 19.8 Å². The molecule has 2 N–H and O–H groups in total. The first kappa shape index (κ1) is 21.9. The first-order chi connectivity index (χ1) is 14.3. The lowest BCUT2D eigenvalue weighted by Crippen LogP contribution is -2.47. The number of nitro groups is 1. The number of rotatable bonds is 5. The van der Waals surface area contributed by atoms with Crippen LogP contribution in [-0.4, -0.2) is 69.6 Å². The van der Waals surface area contributed by atoms with E-state index in [0.29, 0.717) is 0 Å². The predicted molar refractivity (Wildman–Crippen MR) is 109 cm³/mol. The van der Waals surface area contributed by atoms with Crippen molar-refractivity contribution < 1.29 is 24.7 Å². The number of carboxylic acid groups (broad SMARTS) is 2. The number of fused-ring (bicyclic) bond motifs is 2. The Morgan fingerprint density at radius 2 is 1.57 bits per heavy atom. The topological polar surface area (TPSA) is 124 Å². The average molecular weight is 417 g/mol. The molecule has 1 heterocycles. The maximum Gasteiger partial charge on any atom is 0.414 e. The molecule has 2 bridgehead atoms. The van der Waals surface area contributed by atoms with E-state index in [1.54, 1.807) is 12.1 Å². The van der Waals surface area contributed by atoms with Gasteiger partial charge < -0.3 is 15.1 Å². The molecule has 0 aromatic heterocycles. The number of piperazine rings is 1. The van der Waals surface area contributed by atoms with Crippen molar-refractivity contribution in [2.45, 2.75) is 19.4 Å². The second kappa shape index (κ2) is 9.82. The largest absolute Gasteiger partial charge is 0.473 e. The van der Waals surface area contributed by atoms with Gasteiger partial charge in [0.1, 0.15) is 0 Å². The van der Waals surface area contributed by atoms with E-state index in [1.807, 2.05) is 12.1 Å². The highest BCUT2D eigenvalue weighted by molar-refractivity contribution is 6.27. The molecule has 30 heavy (non-hydrogen) atoms. The highest BCUT2D eigenvalue weighted by Gasteiger charge is 2.36. The number of aliphatic carboxylic acids is 2. The SMILES string of the molecule is O=C(O)C(=O)O.O=[N+]([O-])c1ccc(CN2CCN(CC3CC4C=CC3C4)CC2)cc1. The van der Waals surface area contributed by atoms with Crippen LogP contribution < -0.4 is 0 Å². The molecule has 0 spiro atoms. The van der Waals surface area contributed by atoms with Crippen LogP contribution in [0.15, 0.2) is 36.4 Å². The Hall–Kier alpha value is -2.78. The Morgan fingerprint density at radius 3 is 2.03 bits per heavy atom. The van der Waals surface area contributed by atoms with Crippen molar-refractivity contribution in [3.05, 3.63) is 52.1 Å². The number of carbonyl (C=O) groups is 2. The molecule has 3 aliphatic rings. The Balaban J connectivity index is 0.000000377. The second-order valence-corrected chi connectivity index (χ2v) is 8.15. The molecular formula is C21H27N3O6. The van der Waals surface area contributed by atoms with Crippen LogP contribution in [-0.2, 0) is 16.1 Å². The monoisotopic (exact) mass is 417 g/mol. The summed E-state index contributed by atoms with van der Waals surface area (Å²) in [7, 11) is 0.